The van der Waals surface area contributed by atoms with Crippen LogP contribution in [-0.4, -0.2) is 16.7 Å². The van der Waals surface area contributed by atoms with Crippen molar-refractivity contribution >= 4 is 16.5 Å². The van der Waals surface area contributed by atoms with E-state index in [0.717, 1.165) is 12.6 Å². The zero-order valence-electron chi connectivity index (χ0n) is 8.50. The molecule has 2 rings (SSSR count). The molecule has 0 atom stereocenters. The van der Waals surface area contributed by atoms with Crippen LogP contribution in [0.2, 0.25) is 0 Å². The van der Waals surface area contributed by atoms with Crippen LogP contribution in [0.4, 0.5) is 13.9 Å². The molecule has 6 heteroatoms. The second-order valence-corrected chi connectivity index (χ2v) is 4.08. The number of hydrogen-bond donors (Lipinski definition) is 1. The topological polar surface area (TPSA) is 37.8 Å². The van der Waals surface area contributed by atoms with Crippen LogP contribution in [0.1, 0.15) is 6.92 Å². The number of hydrogen-bond acceptors (Lipinski definition) is 4. The molecule has 0 fully saturated rings. The van der Waals surface area contributed by atoms with Gasteiger partial charge in [-0.25, -0.2) is 8.78 Å². The van der Waals surface area contributed by atoms with E-state index in [0.29, 0.717) is 15.7 Å². The normalized spacial score (nSPS) is 10.4. The maximum Gasteiger partial charge on any atom is 0.205 e. The number of aromatic nitrogens is 2. The lowest BCUT2D eigenvalue weighted by Gasteiger charge is -1.96. The van der Waals surface area contributed by atoms with Crippen LogP contribution in [-0.2, 0) is 0 Å². The van der Waals surface area contributed by atoms with E-state index in [9.17, 15) is 8.78 Å². The summed E-state index contributed by atoms with van der Waals surface area (Å²) in [7, 11) is 0. The van der Waals surface area contributed by atoms with E-state index in [1.54, 1.807) is 0 Å². The third-order valence-electron chi connectivity index (χ3n) is 1.86. The maximum atomic E-state index is 13.0. The lowest BCUT2D eigenvalue weighted by Crippen LogP contribution is -1.94. The molecular weight excluding hydrogens is 232 g/mol. The Hall–Kier alpha value is -1.56. The molecule has 0 unspecified atom stereocenters. The number of halogens is 2. The predicted octanol–water partition coefficient (Wildman–Crippen LogP) is 2.92. The van der Waals surface area contributed by atoms with E-state index in [1.807, 2.05) is 6.92 Å². The number of benzene rings is 1. The molecule has 1 aromatic heterocycles. The number of rotatable bonds is 3. The molecule has 0 bridgehead atoms. The number of anilines is 1. The minimum atomic E-state index is -0.616. The Kier molecular flexibility index (Phi) is 3.09. The summed E-state index contributed by atoms with van der Waals surface area (Å²) in [6.07, 6.45) is 0. The minimum Gasteiger partial charge on any atom is -0.360 e. The summed E-state index contributed by atoms with van der Waals surface area (Å²) in [5, 5.41) is 11.8. The Labute approximate surface area is 95.1 Å². The van der Waals surface area contributed by atoms with Gasteiger partial charge in [0.2, 0.25) is 5.13 Å². The van der Waals surface area contributed by atoms with Gasteiger partial charge >= 0.3 is 0 Å². The van der Waals surface area contributed by atoms with Crippen LogP contribution < -0.4 is 5.32 Å². The SMILES string of the molecule is CCNc1nnc(-c2cc(F)cc(F)c2)s1. The zero-order valence-corrected chi connectivity index (χ0v) is 9.31. The van der Waals surface area contributed by atoms with Gasteiger partial charge in [-0.15, -0.1) is 10.2 Å². The van der Waals surface area contributed by atoms with E-state index in [2.05, 4.69) is 15.5 Å². The minimum absolute atomic E-state index is 0.402. The molecule has 0 radical (unpaired) electrons. The Morgan fingerprint density at radius 2 is 1.88 bits per heavy atom. The van der Waals surface area contributed by atoms with Crippen molar-refractivity contribution in [3.05, 3.63) is 29.8 Å². The van der Waals surface area contributed by atoms with Crippen molar-refractivity contribution in [1.29, 1.82) is 0 Å². The van der Waals surface area contributed by atoms with Gasteiger partial charge < -0.3 is 5.32 Å². The third-order valence-corrected chi connectivity index (χ3v) is 2.79. The fraction of sp³-hybridized carbons (Fsp3) is 0.200. The molecule has 0 aliphatic heterocycles. The molecule has 3 nitrogen and oxygen atoms in total. The summed E-state index contributed by atoms with van der Waals surface area (Å²) in [5.41, 5.74) is 0.402. The summed E-state index contributed by atoms with van der Waals surface area (Å²) >= 11 is 1.26. The van der Waals surface area contributed by atoms with Gasteiger partial charge in [-0.1, -0.05) is 11.3 Å². The van der Waals surface area contributed by atoms with Gasteiger partial charge in [-0.05, 0) is 19.1 Å². The number of nitrogens with zero attached hydrogens (tertiary/aromatic N) is 2. The van der Waals surface area contributed by atoms with Crippen LogP contribution in [0.25, 0.3) is 10.6 Å². The van der Waals surface area contributed by atoms with Crippen LogP contribution in [0.5, 0.6) is 0 Å². The second kappa shape index (κ2) is 4.52. The molecule has 0 aliphatic carbocycles. The van der Waals surface area contributed by atoms with Crippen molar-refractivity contribution in [1.82, 2.24) is 10.2 Å². The highest BCUT2D eigenvalue weighted by Crippen LogP contribution is 2.27. The molecule has 84 valence electrons. The smallest absolute Gasteiger partial charge is 0.205 e. The van der Waals surface area contributed by atoms with Gasteiger partial charge in [-0.3, -0.25) is 0 Å². The van der Waals surface area contributed by atoms with E-state index in [4.69, 9.17) is 0 Å². The molecular formula is C10H9F2N3S. The highest BCUT2D eigenvalue weighted by molar-refractivity contribution is 7.18. The highest BCUT2D eigenvalue weighted by atomic mass is 32.1. The first-order valence-electron chi connectivity index (χ1n) is 4.73. The first-order chi connectivity index (χ1) is 7.69. The average Bonchev–Trinajstić information content (AvgIpc) is 2.65. The maximum absolute atomic E-state index is 13.0. The van der Waals surface area contributed by atoms with Gasteiger partial charge in [0.1, 0.15) is 16.6 Å². The Morgan fingerprint density at radius 1 is 1.19 bits per heavy atom. The Balaban J connectivity index is 2.34. The van der Waals surface area contributed by atoms with Gasteiger partial charge in [0, 0.05) is 18.2 Å². The van der Waals surface area contributed by atoms with Crippen LogP contribution >= 0.6 is 11.3 Å². The van der Waals surface area contributed by atoms with E-state index in [-0.39, 0.29) is 0 Å². The lowest BCUT2D eigenvalue weighted by molar-refractivity contribution is 0.584. The lowest BCUT2D eigenvalue weighted by atomic mass is 10.2. The summed E-state index contributed by atoms with van der Waals surface area (Å²) < 4.78 is 25.9. The highest BCUT2D eigenvalue weighted by Gasteiger charge is 2.08. The number of nitrogens with one attached hydrogen (secondary N) is 1. The van der Waals surface area contributed by atoms with Crippen molar-refractivity contribution in [2.45, 2.75) is 6.92 Å². The quantitative estimate of drug-likeness (QED) is 0.897. The van der Waals surface area contributed by atoms with Crippen LogP contribution in [0, 0.1) is 11.6 Å². The summed E-state index contributed by atoms with van der Waals surface area (Å²) in [6, 6.07) is 3.30. The van der Waals surface area contributed by atoms with E-state index < -0.39 is 11.6 Å². The average molecular weight is 241 g/mol. The van der Waals surface area contributed by atoms with E-state index >= 15 is 0 Å². The molecule has 16 heavy (non-hydrogen) atoms. The van der Waals surface area contributed by atoms with Crippen molar-refractivity contribution in [3.8, 4) is 10.6 Å². The fourth-order valence-corrected chi connectivity index (χ4v) is 2.04. The first-order valence-corrected chi connectivity index (χ1v) is 5.54. The standard InChI is InChI=1S/C10H9F2N3S/c1-2-13-10-15-14-9(16-10)6-3-7(11)5-8(12)4-6/h3-5H,2H2,1H3,(H,13,15). The van der Waals surface area contributed by atoms with E-state index in [1.165, 1.54) is 23.5 Å². The summed E-state index contributed by atoms with van der Waals surface area (Å²) in [5.74, 6) is -1.23. The third kappa shape index (κ3) is 2.33. The molecule has 1 N–H and O–H groups in total. The van der Waals surface area contributed by atoms with Crippen molar-refractivity contribution in [2.24, 2.45) is 0 Å². The monoisotopic (exact) mass is 241 g/mol. The summed E-state index contributed by atoms with van der Waals surface area (Å²) in [6.45, 7) is 2.66. The van der Waals surface area contributed by atoms with Gasteiger partial charge in [0.05, 0.1) is 0 Å². The molecule has 0 saturated heterocycles. The predicted molar refractivity (Wildman–Crippen MR) is 59.4 cm³/mol. The Morgan fingerprint density at radius 3 is 2.50 bits per heavy atom. The molecule has 0 aliphatic rings. The zero-order chi connectivity index (χ0) is 11.5. The second-order valence-electron chi connectivity index (χ2n) is 3.10. The van der Waals surface area contributed by atoms with Crippen LogP contribution in [0.3, 0.4) is 0 Å². The summed E-state index contributed by atoms with van der Waals surface area (Å²) in [4.78, 5) is 0. The molecule has 0 amide bonds. The van der Waals surface area contributed by atoms with Gasteiger partial charge in [0.15, 0.2) is 0 Å². The van der Waals surface area contributed by atoms with Crippen molar-refractivity contribution < 1.29 is 8.78 Å². The molecule has 1 heterocycles. The van der Waals surface area contributed by atoms with Crippen molar-refractivity contribution in [3.63, 3.8) is 0 Å². The molecule has 0 saturated carbocycles. The van der Waals surface area contributed by atoms with Crippen LogP contribution in [0.15, 0.2) is 18.2 Å². The first kappa shape index (κ1) is 10.9. The fourth-order valence-electron chi connectivity index (χ4n) is 1.24. The largest absolute Gasteiger partial charge is 0.360 e. The molecule has 0 spiro atoms. The molecule has 1 aromatic carbocycles. The van der Waals surface area contributed by atoms with Crippen molar-refractivity contribution in [2.75, 3.05) is 11.9 Å². The van der Waals surface area contributed by atoms with Gasteiger partial charge in [-0.2, -0.15) is 0 Å². The Bertz CT molecular complexity index is 478. The molecule has 2 aromatic rings. The van der Waals surface area contributed by atoms with Gasteiger partial charge in [0.25, 0.3) is 0 Å².